The van der Waals surface area contributed by atoms with Crippen molar-refractivity contribution in [1.29, 1.82) is 0 Å². The molecule has 1 saturated heterocycles. The largest absolute Gasteiger partial charge is 0.370 e. The summed E-state index contributed by atoms with van der Waals surface area (Å²) in [6, 6.07) is -0.291. The van der Waals surface area contributed by atoms with Gasteiger partial charge in [-0.15, -0.1) is 0 Å². The van der Waals surface area contributed by atoms with Crippen LogP contribution in [0.1, 0.15) is 20.8 Å². The fraction of sp³-hybridized carbons (Fsp3) is 0.909. The minimum atomic E-state index is -0.306. The highest BCUT2D eigenvalue weighted by Crippen LogP contribution is 2.20. The average Bonchev–Trinajstić information content (AvgIpc) is 2.10. The smallest absolute Gasteiger partial charge is 0.235 e. The van der Waals surface area contributed by atoms with Gasteiger partial charge in [-0.2, -0.15) is 0 Å². The molecule has 1 amide bonds. The van der Waals surface area contributed by atoms with E-state index < -0.39 is 0 Å². The first kappa shape index (κ1) is 13.4. The van der Waals surface area contributed by atoms with Crippen molar-refractivity contribution in [3.05, 3.63) is 0 Å². The quantitative estimate of drug-likeness (QED) is 0.686. The Morgan fingerprint density at radius 3 is 2.75 bits per heavy atom. The molecule has 0 aromatic carbocycles. The van der Waals surface area contributed by atoms with Gasteiger partial charge in [0.05, 0.1) is 17.7 Å². The summed E-state index contributed by atoms with van der Waals surface area (Å²) in [6.07, 6.45) is 0.189. The van der Waals surface area contributed by atoms with E-state index in [1.807, 2.05) is 6.92 Å². The first-order valence-electron chi connectivity index (χ1n) is 5.71. The van der Waals surface area contributed by atoms with Crippen LogP contribution in [0.25, 0.3) is 0 Å². The standard InChI is InChI=1S/C11H23N3O2/c1-8-5-14(7-11(2,3)16-8)6-9(13-4)10(12)15/h8-9,13H,5-7H2,1-4H3,(H2,12,15). The van der Waals surface area contributed by atoms with E-state index in [1.54, 1.807) is 7.05 Å². The van der Waals surface area contributed by atoms with Gasteiger partial charge < -0.3 is 15.8 Å². The van der Waals surface area contributed by atoms with Gasteiger partial charge in [-0.3, -0.25) is 9.69 Å². The minimum absolute atomic E-state index is 0.159. The fourth-order valence-electron chi connectivity index (χ4n) is 2.31. The van der Waals surface area contributed by atoms with Gasteiger partial charge in [0.1, 0.15) is 0 Å². The molecule has 94 valence electrons. The number of ether oxygens (including phenoxy) is 1. The van der Waals surface area contributed by atoms with E-state index in [-0.39, 0.29) is 23.7 Å². The number of likely N-dealkylation sites (N-methyl/N-ethyl adjacent to an activating group) is 1. The number of nitrogens with two attached hydrogens (primary N) is 1. The molecule has 0 radical (unpaired) electrons. The second kappa shape index (κ2) is 5.12. The van der Waals surface area contributed by atoms with E-state index in [0.29, 0.717) is 6.54 Å². The van der Waals surface area contributed by atoms with E-state index in [9.17, 15) is 4.79 Å². The van der Waals surface area contributed by atoms with E-state index in [2.05, 4.69) is 24.1 Å². The van der Waals surface area contributed by atoms with Gasteiger partial charge in [0.2, 0.25) is 5.91 Å². The molecule has 0 saturated carbocycles. The van der Waals surface area contributed by atoms with Crippen molar-refractivity contribution in [2.75, 3.05) is 26.7 Å². The highest BCUT2D eigenvalue weighted by molar-refractivity contribution is 5.80. The molecule has 3 N–H and O–H groups in total. The molecular weight excluding hydrogens is 206 g/mol. The molecule has 1 heterocycles. The summed E-state index contributed by atoms with van der Waals surface area (Å²) in [4.78, 5) is 13.4. The van der Waals surface area contributed by atoms with Crippen molar-refractivity contribution in [3.63, 3.8) is 0 Å². The van der Waals surface area contributed by atoms with Crippen LogP contribution in [0.2, 0.25) is 0 Å². The Hall–Kier alpha value is -0.650. The maximum Gasteiger partial charge on any atom is 0.235 e. The monoisotopic (exact) mass is 229 g/mol. The number of carbonyl (C=O) groups is 1. The van der Waals surface area contributed by atoms with E-state index >= 15 is 0 Å². The van der Waals surface area contributed by atoms with E-state index in [4.69, 9.17) is 10.5 Å². The Kier molecular flexibility index (Phi) is 4.29. The van der Waals surface area contributed by atoms with Crippen molar-refractivity contribution in [2.45, 2.75) is 38.5 Å². The highest BCUT2D eigenvalue weighted by atomic mass is 16.5. The number of nitrogens with zero attached hydrogens (tertiary/aromatic N) is 1. The summed E-state index contributed by atoms with van der Waals surface area (Å²) in [5, 5.41) is 2.93. The molecule has 0 aromatic rings. The minimum Gasteiger partial charge on any atom is -0.370 e. The third-order valence-electron chi connectivity index (χ3n) is 2.77. The molecule has 0 spiro atoms. The molecule has 5 heteroatoms. The van der Waals surface area contributed by atoms with Crippen LogP contribution in [-0.2, 0) is 9.53 Å². The number of primary amides is 1. The van der Waals surface area contributed by atoms with Crippen LogP contribution >= 0.6 is 0 Å². The summed E-state index contributed by atoms with van der Waals surface area (Å²) >= 11 is 0. The van der Waals surface area contributed by atoms with Crippen molar-refractivity contribution in [3.8, 4) is 0 Å². The summed E-state index contributed by atoms with van der Waals surface area (Å²) in [5.74, 6) is -0.306. The Labute approximate surface area is 97.3 Å². The van der Waals surface area contributed by atoms with Gasteiger partial charge >= 0.3 is 0 Å². The van der Waals surface area contributed by atoms with Crippen molar-refractivity contribution in [1.82, 2.24) is 10.2 Å². The zero-order valence-electron chi connectivity index (χ0n) is 10.6. The second-order valence-corrected chi connectivity index (χ2v) is 5.13. The molecule has 1 aliphatic heterocycles. The molecule has 0 aliphatic carbocycles. The second-order valence-electron chi connectivity index (χ2n) is 5.13. The lowest BCUT2D eigenvalue weighted by Crippen LogP contribution is -2.56. The zero-order chi connectivity index (χ0) is 12.3. The van der Waals surface area contributed by atoms with Crippen LogP contribution in [0.15, 0.2) is 0 Å². The zero-order valence-corrected chi connectivity index (χ0v) is 10.6. The molecule has 5 nitrogen and oxygen atoms in total. The SMILES string of the molecule is CNC(CN1CC(C)OC(C)(C)C1)C(N)=O. The topological polar surface area (TPSA) is 67.6 Å². The summed E-state index contributed by atoms with van der Waals surface area (Å²) < 4.78 is 5.80. The van der Waals surface area contributed by atoms with Gasteiger partial charge in [-0.05, 0) is 27.8 Å². The molecule has 2 atom stereocenters. The van der Waals surface area contributed by atoms with Gasteiger partial charge in [-0.1, -0.05) is 0 Å². The predicted octanol–water partition coefficient (Wildman–Crippen LogP) is -0.441. The molecule has 2 unspecified atom stereocenters. The van der Waals surface area contributed by atoms with Crippen LogP contribution in [0.4, 0.5) is 0 Å². The van der Waals surface area contributed by atoms with Crippen molar-refractivity contribution >= 4 is 5.91 Å². The number of hydrogen-bond donors (Lipinski definition) is 2. The number of nitrogens with one attached hydrogen (secondary N) is 1. The van der Waals surface area contributed by atoms with Crippen LogP contribution in [0, 0.1) is 0 Å². The molecule has 1 rings (SSSR count). The Morgan fingerprint density at radius 1 is 1.69 bits per heavy atom. The molecule has 1 aliphatic rings. The Balaban J connectivity index is 2.56. The lowest BCUT2D eigenvalue weighted by atomic mass is 10.0. The van der Waals surface area contributed by atoms with Crippen LogP contribution in [-0.4, -0.2) is 55.2 Å². The molecule has 16 heavy (non-hydrogen) atoms. The molecular formula is C11H23N3O2. The highest BCUT2D eigenvalue weighted by Gasteiger charge is 2.32. The van der Waals surface area contributed by atoms with Crippen LogP contribution in [0.3, 0.4) is 0 Å². The third kappa shape index (κ3) is 3.73. The maximum absolute atomic E-state index is 11.1. The Morgan fingerprint density at radius 2 is 2.31 bits per heavy atom. The molecule has 0 bridgehead atoms. The number of morpholine rings is 1. The third-order valence-corrected chi connectivity index (χ3v) is 2.77. The molecule has 0 aromatic heterocycles. The van der Waals surface area contributed by atoms with Crippen LogP contribution in [0.5, 0.6) is 0 Å². The number of hydrogen-bond acceptors (Lipinski definition) is 4. The average molecular weight is 229 g/mol. The van der Waals surface area contributed by atoms with E-state index in [0.717, 1.165) is 13.1 Å². The van der Waals surface area contributed by atoms with E-state index in [1.165, 1.54) is 0 Å². The number of carbonyl (C=O) groups excluding carboxylic acids is 1. The number of rotatable bonds is 4. The first-order chi connectivity index (χ1) is 7.34. The normalized spacial score (nSPS) is 27.6. The van der Waals surface area contributed by atoms with Crippen molar-refractivity contribution in [2.24, 2.45) is 5.73 Å². The lowest BCUT2D eigenvalue weighted by molar-refractivity contribution is -0.134. The van der Waals surface area contributed by atoms with Crippen LogP contribution < -0.4 is 11.1 Å². The van der Waals surface area contributed by atoms with Gasteiger partial charge in [0.25, 0.3) is 0 Å². The van der Waals surface area contributed by atoms with Gasteiger partial charge in [0.15, 0.2) is 0 Å². The fourth-order valence-corrected chi connectivity index (χ4v) is 2.31. The first-order valence-corrected chi connectivity index (χ1v) is 5.71. The maximum atomic E-state index is 11.1. The van der Waals surface area contributed by atoms with Crippen molar-refractivity contribution < 1.29 is 9.53 Å². The van der Waals surface area contributed by atoms with Gasteiger partial charge in [-0.25, -0.2) is 0 Å². The summed E-state index contributed by atoms with van der Waals surface area (Å²) in [6.45, 7) is 8.48. The predicted molar refractivity (Wildman–Crippen MR) is 63.1 cm³/mol. The summed E-state index contributed by atoms with van der Waals surface area (Å²) in [7, 11) is 1.75. The molecule has 1 fully saturated rings. The van der Waals surface area contributed by atoms with Gasteiger partial charge in [0, 0.05) is 19.6 Å². The number of amides is 1. The summed E-state index contributed by atoms with van der Waals surface area (Å²) in [5.41, 5.74) is 5.15. The Bertz CT molecular complexity index is 256. The lowest BCUT2D eigenvalue weighted by Gasteiger charge is -2.42.